The molecule has 5 rings (SSSR count). The highest BCUT2D eigenvalue weighted by atomic mass is 32.1. The van der Waals surface area contributed by atoms with Crippen molar-refractivity contribution in [1.82, 2.24) is 10.2 Å². The molecule has 1 aromatic heterocycles. The van der Waals surface area contributed by atoms with Gasteiger partial charge in [0.25, 0.3) is 0 Å². The number of amides is 2. The van der Waals surface area contributed by atoms with Crippen molar-refractivity contribution in [3.05, 3.63) is 64.0 Å². The lowest BCUT2D eigenvalue weighted by Gasteiger charge is -2.34. The van der Waals surface area contributed by atoms with Crippen LogP contribution in [0.5, 0.6) is 0 Å². The third kappa shape index (κ3) is 1.91. The average molecular weight is 350 g/mol. The summed E-state index contributed by atoms with van der Waals surface area (Å²) in [5.41, 5.74) is 2.02. The third-order valence-corrected chi connectivity index (χ3v) is 6.22. The number of fused-ring (bicyclic) bond motifs is 5. The molecule has 4 heterocycles. The molecule has 0 unspecified atom stereocenters. The van der Waals surface area contributed by atoms with Crippen LogP contribution in [0.2, 0.25) is 0 Å². The smallest absolute Gasteiger partial charge is 0.233 e. The van der Waals surface area contributed by atoms with E-state index in [0.717, 1.165) is 11.1 Å². The molecule has 1 aromatic carbocycles. The Labute approximate surface area is 148 Å². The van der Waals surface area contributed by atoms with Gasteiger partial charge in [-0.1, -0.05) is 30.3 Å². The van der Waals surface area contributed by atoms with Crippen molar-refractivity contribution in [3.8, 4) is 0 Å². The Balaban J connectivity index is 1.67. The van der Waals surface area contributed by atoms with E-state index < -0.39 is 17.9 Å². The molecule has 124 valence electrons. The molecule has 0 bridgehead atoms. The summed E-state index contributed by atoms with van der Waals surface area (Å²) in [4.78, 5) is 40.6. The van der Waals surface area contributed by atoms with Gasteiger partial charge in [0, 0.05) is 6.20 Å². The molecule has 25 heavy (non-hydrogen) atoms. The first kappa shape index (κ1) is 14.6. The van der Waals surface area contributed by atoms with Crippen molar-refractivity contribution >= 4 is 35.0 Å². The summed E-state index contributed by atoms with van der Waals surface area (Å²) in [6.07, 6.45) is 3.81. The SMILES string of the molecule is O=C1NC(=O)[C@@H]2[C@@H]1[C@H](C(=O)c1cccs1)N1C=Cc3ccccc3[C@@H]21. The molecule has 6 heteroatoms. The Hall–Kier alpha value is -2.73. The van der Waals surface area contributed by atoms with E-state index >= 15 is 0 Å². The second kappa shape index (κ2) is 5.13. The van der Waals surface area contributed by atoms with Gasteiger partial charge in [-0.15, -0.1) is 11.3 Å². The van der Waals surface area contributed by atoms with Crippen LogP contribution >= 0.6 is 11.3 Å². The van der Waals surface area contributed by atoms with Crippen LogP contribution in [0, 0.1) is 11.8 Å². The van der Waals surface area contributed by atoms with Gasteiger partial charge in [-0.3, -0.25) is 19.7 Å². The quantitative estimate of drug-likeness (QED) is 0.666. The van der Waals surface area contributed by atoms with Crippen molar-refractivity contribution in [2.24, 2.45) is 11.8 Å². The fourth-order valence-electron chi connectivity index (χ4n) is 4.34. The minimum atomic E-state index is -0.650. The summed E-state index contributed by atoms with van der Waals surface area (Å²) >= 11 is 1.36. The number of imide groups is 1. The normalized spacial score (nSPS) is 29.2. The molecule has 0 radical (unpaired) electrons. The Morgan fingerprint density at radius 3 is 2.64 bits per heavy atom. The zero-order valence-electron chi connectivity index (χ0n) is 13.1. The number of carbonyl (C=O) groups is 3. The Morgan fingerprint density at radius 2 is 1.84 bits per heavy atom. The molecule has 0 aliphatic carbocycles. The topological polar surface area (TPSA) is 66.5 Å². The van der Waals surface area contributed by atoms with Gasteiger partial charge in [-0.05, 0) is 28.6 Å². The van der Waals surface area contributed by atoms with Gasteiger partial charge in [-0.25, -0.2) is 0 Å². The molecule has 0 spiro atoms. The number of nitrogens with zero attached hydrogens (tertiary/aromatic N) is 1. The first-order valence-corrected chi connectivity index (χ1v) is 9.02. The molecule has 1 N–H and O–H groups in total. The summed E-state index contributed by atoms with van der Waals surface area (Å²) in [6.45, 7) is 0. The van der Waals surface area contributed by atoms with E-state index in [1.54, 1.807) is 6.07 Å². The van der Waals surface area contributed by atoms with Gasteiger partial charge in [0.15, 0.2) is 5.78 Å². The van der Waals surface area contributed by atoms with Crippen molar-refractivity contribution in [3.63, 3.8) is 0 Å². The monoisotopic (exact) mass is 350 g/mol. The maximum atomic E-state index is 13.1. The number of benzene rings is 1. The zero-order valence-corrected chi connectivity index (χ0v) is 13.9. The summed E-state index contributed by atoms with van der Waals surface area (Å²) in [7, 11) is 0. The van der Waals surface area contributed by atoms with Crippen LogP contribution in [0.25, 0.3) is 6.08 Å². The average Bonchev–Trinajstić information content (AvgIpc) is 3.32. The number of hydrogen-bond acceptors (Lipinski definition) is 5. The van der Waals surface area contributed by atoms with Crippen molar-refractivity contribution in [2.75, 3.05) is 0 Å². The van der Waals surface area contributed by atoms with Gasteiger partial charge in [0.05, 0.1) is 22.8 Å². The molecule has 2 aromatic rings. The third-order valence-electron chi connectivity index (χ3n) is 5.34. The van der Waals surface area contributed by atoms with Gasteiger partial charge in [-0.2, -0.15) is 0 Å². The van der Waals surface area contributed by atoms with E-state index in [2.05, 4.69) is 5.32 Å². The molecule has 3 aliphatic rings. The van der Waals surface area contributed by atoms with Crippen LogP contribution in [0.4, 0.5) is 0 Å². The number of carbonyl (C=O) groups excluding carboxylic acids is 3. The maximum absolute atomic E-state index is 13.1. The van der Waals surface area contributed by atoms with Crippen LogP contribution in [-0.4, -0.2) is 28.5 Å². The summed E-state index contributed by atoms with van der Waals surface area (Å²) in [5, 5.41) is 4.28. The number of nitrogens with one attached hydrogen (secondary N) is 1. The number of rotatable bonds is 2. The molecular formula is C19H14N2O3S. The number of Topliss-reactive ketones (excluding diaryl/α,β-unsaturated/α-hetero) is 1. The molecular weight excluding hydrogens is 336 g/mol. The Kier molecular flexibility index (Phi) is 3.00. The standard InChI is InChI=1S/C19H14N2O3S/c22-17(12-6-3-9-25-12)16-14-13(18(23)20-19(14)24)15-11-5-2-1-4-10(11)7-8-21(15)16/h1-9,13-16H,(H,20,23,24)/t13-,14-,15+,16-/m1/s1. The van der Waals surface area contributed by atoms with Crippen molar-refractivity contribution in [1.29, 1.82) is 0 Å². The number of hydrogen-bond donors (Lipinski definition) is 1. The fourth-order valence-corrected chi connectivity index (χ4v) is 5.04. The van der Waals surface area contributed by atoms with E-state index in [0.29, 0.717) is 4.88 Å². The lowest BCUT2D eigenvalue weighted by atomic mass is 9.84. The van der Waals surface area contributed by atoms with Crippen molar-refractivity contribution in [2.45, 2.75) is 12.1 Å². The van der Waals surface area contributed by atoms with Crippen LogP contribution in [0.1, 0.15) is 26.8 Å². The molecule has 4 atom stereocenters. The van der Waals surface area contributed by atoms with E-state index in [-0.39, 0.29) is 23.6 Å². The summed E-state index contributed by atoms with van der Waals surface area (Å²) < 4.78 is 0. The molecule has 2 saturated heterocycles. The number of thiophene rings is 1. The van der Waals surface area contributed by atoms with Crippen LogP contribution in [0.3, 0.4) is 0 Å². The van der Waals surface area contributed by atoms with Crippen molar-refractivity contribution < 1.29 is 14.4 Å². The highest BCUT2D eigenvalue weighted by molar-refractivity contribution is 7.12. The van der Waals surface area contributed by atoms with E-state index in [1.807, 2.05) is 52.9 Å². The minimum absolute atomic E-state index is 0.0959. The maximum Gasteiger partial charge on any atom is 0.233 e. The molecule has 5 nitrogen and oxygen atoms in total. The first-order valence-electron chi connectivity index (χ1n) is 8.14. The second-order valence-electron chi connectivity index (χ2n) is 6.53. The lowest BCUT2D eigenvalue weighted by Crippen LogP contribution is -2.42. The highest BCUT2D eigenvalue weighted by Gasteiger charge is 2.61. The predicted octanol–water partition coefficient (Wildman–Crippen LogP) is 2.23. The molecule has 2 fully saturated rings. The van der Waals surface area contributed by atoms with Crippen LogP contribution < -0.4 is 5.32 Å². The Bertz CT molecular complexity index is 934. The molecule has 0 saturated carbocycles. The minimum Gasteiger partial charge on any atom is -0.358 e. The molecule has 3 aliphatic heterocycles. The van der Waals surface area contributed by atoms with E-state index in [4.69, 9.17) is 0 Å². The largest absolute Gasteiger partial charge is 0.358 e. The van der Waals surface area contributed by atoms with Gasteiger partial charge in [0.1, 0.15) is 6.04 Å². The summed E-state index contributed by atoms with van der Waals surface area (Å²) in [5.74, 6) is -1.90. The highest BCUT2D eigenvalue weighted by Crippen LogP contribution is 2.51. The second-order valence-corrected chi connectivity index (χ2v) is 7.48. The zero-order chi connectivity index (χ0) is 17.1. The van der Waals surface area contributed by atoms with Gasteiger partial charge in [0.2, 0.25) is 11.8 Å². The van der Waals surface area contributed by atoms with Gasteiger partial charge < -0.3 is 4.90 Å². The Morgan fingerprint density at radius 1 is 1.04 bits per heavy atom. The van der Waals surface area contributed by atoms with E-state index in [1.165, 1.54) is 11.3 Å². The fraction of sp³-hybridized carbons (Fsp3) is 0.211. The van der Waals surface area contributed by atoms with E-state index in [9.17, 15) is 14.4 Å². The predicted molar refractivity (Wildman–Crippen MR) is 92.6 cm³/mol. The first-order chi connectivity index (χ1) is 12.2. The number of ketones is 1. The van der Waals surface area contributed by atoms with Crippen LogP contribution in [0.15, 0.2) is 48.0 Å². The van der Waals surface area contributed by atoms with Crippen LogP contribution in [-0.2, 0) is 9.59 Å². The lowest BCUT2D eigenvalue weighted by molar-refractivity contribution is -0.127. The summed E-state index contributed by atoms with van der Waals surface area (Å²) in [6, 6.07) is 10.5. The molecule has 2 amide bonds. The van der Waals surface area contributed by atoms with Gasteiger partial charge >= 0.3 is 0 Å².